The molecule has 3 nitrogen and oxygen atoms in total. The molecule has 1 heterocycles. The van der Waals surface area contributed by atoms with Gasteiger partial charge in [0.25, 0.3) is 0 Å². The Morgan fingerprint density at radius 3 is 2.75 bits per heavy atom. The molecule has 0 unspecified atom stereocenters. The molecule has 1 aliphatic heterocycles. The second-order valence-corrected chi connectivity index (χ2v) is 4.36. The standard InChI is InChI=1S/C13H20N2O/c1-14-7-6-11-10-12(4-5-13(11)16)15-8-2-3-9-15/h4-5,10,14,16H,2-3,6-9H2,1H3. The number of benzene rings is 1. The van der Waals surface area contributed by atoms with Crippen LogP contribution >= 0.6 is 0 Å². The molecule has 88 valence electrons. The number of likely N-dealkylation sites (N-methyl/N-ethyl adjacent to an activating group) is 1. The predicted molar refractivity (Wildman–Crippen MR) is 67.2 cm³/mol. The molecule has 0 spiro atoms. The first-order chi connectivity index (χ1) is 7.81. The Kier molecular flexibility index (Phi) is 3.67. The summed E-state index contributed by atoms with van der Waals surface area (Å²) in [5, 5.41) is 12.9. The summed E-state index contributed by atoms with van der Waals surface area (Å²) in [4.78, 5) is 2.39. The average molecular weight is 220 g/mol. The van der Waals surface area contributed by atoms with Gasteiger partial charge in [-0.25, -0.2) is 0 Å². The van der Waals surface area contributed by atoms with E-state index in [0.29, 0.717) is 5.75 Å². The van der Waals surface area contributed by atoms with E-state index in [1.807, 2.05) is 19.2 Å². The van der Waals surface area contributed by atoms with Crippen molar-refractivity contribution in [2.45, 2.75) is 19.3 Å². The van der Waals surface area contributed by atoms with Crippen molar-refractivity contribution in [2.75, 3.05) is 31.6 Å². The van der Waals surface area contributed by atoms with Gasteiger partial charge in [0.2, 0.25) is 0 Å². The molecule has 0 amide bonds. The normalized spacial score (nSPS) is 15.7. The van der Waals surface area contributed by atoms with E-state index < -0.39 is 0 Å². The third-order valence-corrected chi connectivity index (χ3v) is 3.18. The molecule has 1 saturated heterocycles. The number of phenolic OH excluding ortho intramolecular Hbond substituents is 1. The van der Waals surface area contributed by atoms with Crippen LogP contribution in [0.5, 0.6) is 5.75 Å². The van der Waals surface area contributed by atoms with E-state index in [9.17, 15) is 5.11 Å². The van der Waals surface area contributed by atoms with Crippen LogP contribution in [-0.2, 0) is 6.42 Å². The van der Waals surface area contributed by atoms with Gasteiger partial charge in [0.15, 0.2) is 0 Å². The summed E-state index contributed by atoms with van der Waals surface area (Å²) in [5.41, 5.74) is 2.29. The number of nitrogens with zero attached hydrogens (tertiary/aromatic N) is 1. The van der Waals surface area contributed by atoms with Crippen LogP contribution in [0, 0.1) is 0 Å². The maximum atomic E-state index is 9.76. The van der Waals surface area contributed by atoms with Crippen LogP contribution in [0.1, 0.15) is 18.4 Å². The third-order valence-electron chi connectivity index (χ3n) is 3.18. The van der Waals surface area contributed by atoms with Crippen molar-refractivity contribution in [3.8, 4) is 5.75 Å². The van der Waals surface area contributed by atoms with E-state index >= 15 is 0 Å². The van der Waals surface area contributed by atoms with Gasteiger partial charge in [0, 0.05) is 18.8 Å². The SMILES string of the molecule is CNCCc1cc(N2CCCC2)ccc1O. The molecular weight excluding hydrogens is 200 g/mol. The van der Waals surface area contributed by atoms with Crippen molar-refractivity contribution in [3.63, 3.8) is 0 Å². The predicted octanol–water partition coefficient (Wildman–Crippen LogP) is 1.75. The molecule has 2 rings (SSSR count). The first-order valence-electron chi connectivity index (χ1n) is 6.02. The highest BCUT2D eigenvalue weighted by atomic mass is 16.3. The number of hydrogen-bond donors (Lipinski definition) is 2. The molecule has 2 N–H and O–H groups in total. The Balaban J connectivity index is 2.13. The molecule has 16 heavy (non-hydrogen) atoms. The van der Waals surface area contributed by atoms with Crippen molar-refractivity contribution in [3.05, 3.63) is 23.8 Å². The zero-order valence-corrected chi connectivity index (χ0v) is 9.87. The van der Waals surface area contributed by atoms with Crippen molar-refractivity contribution < 1.29 is 5.11 Å². The Bertz CT molecular complexity index is 346. The fourth-order valence-corrected chi connectivity index (χ4v) is 2.20. The van der Waals surface area contributed by atoms with Crippen molar-refractivity contribution in [1.29, 1.82) is 0 Å². The Labute approximate surface area is 97.1 Å². The molecule has 0 radical (unpaired) electrons. The number of nitrogens with one attached hydrogen (secondary N) is 1. The Hall–Kier alpha value is -1.22. The van der Waals surface area contributed by atoms with Crippen LogP contribution in [0.2, 0.25) is 0 Å². The van der Waals surface area contributed by atoms with Crippen LogP contribution in [0.15, 0.2) is 18.2 Å². The molecular formula is C13H20N2O. The van der Waals surface area contributed by atoms with Gasteiger partial charge >= 0.3 is 0 Å². The first-order valence-corrected chi connectivity index (χ1v) is 6.02. The number of rotatable bonds is 4. The quantitative estimate of drug-likeness (QED) is 0.811. The number of aromatic hydroxyl groups is 1. The zero-order valence-electron chi connectivity index (χ0n) is 9.87. The topological polar surface area (TPSA) is 35.5 Å². The molecule has 0 aromatic heterocycles. The molecule has 1 aromatic carbocycles. The van der Waals surface area contributed by atoms with E-state index in [1.165, 1.54) is 18.5 Å². The van der Waals surface area contributed by atoms with Gasteiger partial charge in [0.1, 0.15) is 5.75 Å². The van der Waals surface area contributed by atoms with Gasteiger partial charge in [-0.05, 0) is 56.6 Å². The highest BCUT2D eigenvalue weighted by molar-refractivity contribution is 5.53. The van der Waals surface area contributed by atoms with Gasteiger partial charge < -0.3 is 15.3 Å². The Morgan fingerprint density at radius 1 is 1.31 bits per heavy atom. The molecule has 0 atom stereocenters. The fraction of sp³-hybridized carbons (Fsp3) is 0.538. The lowest BCUT2D eigenvalue weighted by molar-refractivity contribution is 0.467. The highest BCUT2D eigenvalue weighted by Gasteiger charge is 2.13. The summed E-state index contributed by atoms with van der Waals surface area (Å²) in [6, 6.07) is 5.96. The molecule has 0 bridgehead atoms. The minimum atomic E-state index is 0.415. The zero-order chi connectivity index (χ0) is 11.4. The molecule has 3 heteroatoms. The van der Waals surface area contributed by atoms with E-state index in [0.717, 1.165) is 31.6 Å². The lowest BCUT2D eigenvalue weighted by atomic mass is 10.1. The van der Waals surface area contributed by atoms with Gasteiger partial charge in [-0.15, -0.1) is 0 Å². The lowest BCUT2D eigenvalue weighted by Gasteiger charge is -2.19. The summed E-state index contributed by atoms with van der Waals surface area (Å²) >= 11 is 0. The highest BCUT2D eigenvalue weighted by Crippen LogP contribution is 2.26. The third kappa shape index (κ3) is 2.47. The summed E-state index contributed by atoms with van der Waals surface area (Å²) < 4.78 is 0. The minimum Gasteiger partial charge on any atom is -0.508 e. The maximum absolute atomic E-state index is 9.76. The summed E-state index contributed by atoms with van der Waals surface area (Å²) in [5.74, 6) is 0.415. The molecule has 0 saturated carbocycles. The van der Waals surface area contributed by atoms with Crippen molar-refractivity contribution >= 4 is 5.69 Å². The summed E-state index contributed by atoms with van der Waals surface area (Å²) in [7, 11) is 1.93. The number of anilines is 1. The number of phenols is 1. The van der Waals surface area contributed by atoms with Crippen LogP contribution < -0.4 is 10.2 Å². The maximum Gasteiger partial charge on any atom is 0.118 e. The number of hydrogen-bond acceptors (Lipinski definition) is 3. The van der Waals surface area contributed by atoms with Crippen molar-refractivity contribution in [1.82, 2.24) is 5.32 Å². The largest absolute Gasteiger partial charge is 0.508 e. The Morgan fingerprint density at radius 2 is 2.06 bits per heavy atom. The monoisotopic (exact) mass is 220 g/mol. The summed E-state index contributed by atoms with van der Waals surface area (Å²) in [6.07, 6.45) is 3.45. The van der Waals surface area contributed by atoms with Gasteiger partial charge in [-0.2, -0.15) is 0 Å². The van der Waals surface area contributed by atoms with Crippen LogP contribution in [-0.4, -0.2) is 31.8 Å². The lowest BCUT2D eigenvalue weighted by Crippen LogP contribution is -2.18. The second kappa shape index (κ2) is 5.21. The second-order valence-electron chi connectivity index (χ2n) is 4.36. The van der Waals surface area contributed by atoms with E-state index in [1.54, 1.807) is 0 Å². The van der Waals surface area contributed by atoms with Gasteiger partial charge in [-0.3, -0.25) is 0 Å². The minimum absolute atomic E-state index is 0.415. The van der Waals surface area contributed by atoms with Crippen LogP contribution in [0.25, 0.3) is 0 Å². The van der Waals surface area contributed by atoms with Crippen molar-refractivity contribution in [2.24, 2.45) is 0 Å². The van der Waals surface area contributed by atoms with E-state index in [-0.39, 0.29) is 0 Å². The smallest absolute Gasteiger partial charge is 0.118 e. The molecule has 0 aliphatic carbocycles. The fourth-order valence-electron chi connectivity index (χ4n) is 2.20. The molecule has 1 fully saturated rings. The van der Waals surface area contributed by atoms with Gasteiger partial charge in [-0.1, -0.05) is 0 Å². The first kappa shape index (κ1) is 11.3. The summed E-state index contributed by atoms with van der Waals surface area (Å²) in [6.45, 7) is 3.20. The van der Waals surface area contributed by atoms with E-state index in [4.69, 9.17) is 0 Å². The van der Waals surface area contributed by atoms with Crippen LogP contribution in [0.3, 0.4) is 0 Å². The molecule has 1 aliphatic rings. The van der Waals surface area contributed by atoms with E-state index in [2.05, 4.69) is 16.3 Å². The van der Waals surface area contributed by atoms with Crippen LogP contribution in [0.4, 0.5) is 5.69 Å². The average Bonchev–Trinajstić information content (AvgIpc) is 2.81. The van der Waals surface area contributed by atoms with Gasteiger partial charge in [0.05, 0.1) is 0 Å². The molecule has 1 aromatic rings.